The molecular weight excluding hydrogens is 354 g/mol. The lowest BCUT2D eigenvalue weighted by molar-refractivity contribution is -0.105. The van der Waals surface area contributed by atoms with Gasteiger partial charge in [0.2, 0.25) is 0 Å². The van der Waals surface area contributed by atoms with Crippen LogP contribution < -0.4 is 0 Å². The highest BCUT2D eigenvalue weighted by Crippen LogP contribution is 2.68. The first-order valence-corrected chi connectivity index (χ1v) is 13.0. The molecule has 0 heterocycles. The summed E-state index contributed by atoms with van der Waals surface area (Å²) in [6.45, 7) is 12.6. The van der Waals surface area contributed by atoms with E-state index in [1.54, 1.807) is 0 Å². The van der Waals surface area contributed by atoms with E-state index in [9.17, 15) is 5.21 Å². The molecule has 0 bridgehead atoms. The van der Waals surface area contributed by atoms with E-state index in [0.29, 0.717) is 10.8 Å². The lowest BCUT2D eigenvalue weighted by Gasteiger charge is -2.60. The topological polar surface area (TPSA) is 32.6 Å². The molecule has 2 heteroatoms. The lowest BCUT2D eigenvalue weighted by Crippen LogP contribution is -2.53. The van der Waals surface area contributed by atoms with Crippen molar-refractivity contribution in [1.29, 1.82) is 0 Å². The summed E-state index contributed by atoms with van der Waals surface area (Å²) in [5, 5.41) is 12.9. The second kappa shape index (κ2) is 8.19. The van der Waals surface area contributed by atoms with E-state index < -0.39 is 0 Å². The zero-order valence-electron chi connectivity index (χ0n) is 19.9. The molecule has 1 N–H and O–H groups in total. The zero-order valence-corrected chi connectivity index (χ0v) is 19.9. The fourth-order valence-electron chi connectivity index (χ4n) is 9.18. The molecular formula is C27H47NO. The van der Waals surface area contributed by atoms with Gasteiger partial charge in [-0.1, -0.05) is 59.0 Å². The summed E-state index contributed by atoms with van der Waals surface area (Å²) in [6, 6.07) is 0. The van der Waals surface area contributed by atoms with Gasteiger partial charge < -0.3 is 5.21 Å². The largest absolute Gasteiger partial charge is 0.411 e. The van der Waals surface area contributed by atoms with Crippen molar-refractivity contribution in [3.8, 4) is 0 Å². The van der Waals surface area contributed by atoms with E-state index in [1.165, 1.54) is 64.2 Å². The molecule has 0 aromatic carbocycles. The fourth-order valence-corrected chi connectivity index (χ4v) is 9.18. The Bertz CT molecular complexity index is 612. The first-order chi connectivity index (χ1) is 13.8. The van der Waals surface area contributed by atoms with Crippen molar-refractivity contribution in [2.45, 2.75) is 112 Å². The minimum atomic E-state index is 0.499. The Kier molecular flexibility index (Phi) is 6.13. The SMILES string of the molecule is CC(C)CCC[C@@H](C)[C@H]1CC[C@H]2[C@@H]3CC[C@H]4CC(=NO)CC[C@]4(C)[C@H]3CC[C@]12C. The van der Waals surface area contributed by atoms with Crippen LogP contribution in [0.5, 0.6) is 0 Å². The van der Waals surface area contributed by atoms with Crippen molar-refractivity contribution in [2.75, 3.05) is 0 Å². The van der Waals surface area contributed by atoms with Gasteiger partial charge in [0.25, 0.3) is 0 Å². The second-order valence-electron chi connectivity index (χ2n) is 12.6. The van der Waals surface area contributed by atoms with Gasteiger partial charge in [0, 0.05) is 0 Å². The highest BCUT2D eigenvalue weighted by atomic mass is 16.4. The second-order valence-corrected chi connectivity index (χ2v) is 12.6. The van der Waals surface area contributed by atoms with E-state index in [4.69, 9.17) is 0 Å². The van der Waals surface area contributed by atoms with Gasteiger partial charge in [-0.2, -0.15) is 0 Å². The van der Waals surface area contributed by atoms with E-state index >= 15 is 0 Å². The first-order valence-electron chi connectivity index (χ1n) is 13.0. The van der Waals surface area contributed by atoms with Crippen LogP contribution in [0.3, 0.4) is 0 Å². The normalized spacial score (nSPS) is 47.0. The third-order valence-corrected chi connectivity index (χ3v) is 10.8. The third kappa shape index (κ3) is 3.69. The predicted molar refractivity (Wildman–Crippen MR) is 122 cm³/mol. The standard InChI is InChI=1S/C27H47NO/c1-18(2)7-6-8-19(3)23-11-12-24-22-10-9-20-17-21(28-29)13-15-26(20,4)25(22)14-16-27(23,24)5/h18-20,22-25,29H,6-17H2,1-5H3/t19-,20+,22+,23-,24+,25+,26+,27-/m1/s1. The van der Waals surface area contributed by atoms with Gasteiger partial charge in [-0.3, -0.25) is 0 Å². The molecule has 0 aromatic rings. The van der Waals surface area contributed by atoms with Crippen LogP contribution in [-0.2, 0) is 0 Å². The molecule has 0 spiro atoms. The maximum Gasteiger partial charge on any atom is 0.0574 e. The molecule has 0 aromatic heterocycles. The molecule has 0 unspecified atom stereocenters. The number of fused-ring (bicyclic) bond motifs is 5. The van der Waals surface area contributed by atoms with Gasteiger partial charge in [0.05, 0.1) is 5.71 Å². The van der Waals surface area contributed by atoms with Crippen molar-refractivity contribution in [3.05, 3.63) is 0 Å². The van der Waals surface area contributed by atoms with Crippen LogP contribution in [0, 0.1) is 52.3 Å². The van der Waals surface area contributed by atoms with E-state index in [2.05, 4.69) is 39.8 Å². The maximum absolute atomic E-state index is 9.32. The molecule has 0 aliphatic heterocycles. The Morgan fingerprint density at radius 1 is 0.931 bits per heavy atom. The molecule has 0 amide bonds. The molecule has 8 atom stereocenters. The maximum atomic E-state index is 9.32. The summed E-state index contributed by atoms with van der Waals surface area (Å²) in [4.78, 5) is 0. The molecule has 4 aliphatic carbocycles. The lowest BCUT2D eigenvalue weighted by atomic mass is 9.44. The number of hydrogen-bond acceptors (Lipinski definition) is 2. The van der Waals surface area contributed by atoms with E-state index in [0.717, 1.165) is 60.0 Å². The van der Waals surface area contributed by atoms with E-state index in [1.807, 2.05) is 0 Å². The molecule has 0 radical (unpaired) electrons. The minimum Gasteiger partial charge on any atom is -0.411 e. The molecule has 2 nitrogen and oxygen atoms in total. The van der Waals surface area contributed by atoms with Crippen LogP contribution in [0.4, 0.5) is 0 Å². The smallest absolute Gasteiger partial charge is 0.0574 e. The Hall–Kier alpha value is -0.530. The highest BCUT2D eigenvalue weighted by Gasteiger charge is 2.60. The van der Waals surface area contributed by atoms with Crippen molar-refractivity contribution >= 4 is 5.71 Å². The highest BCUT2D eigenvalue weighted by molar-refractivity contribution is 5.85. The average molecular weight is 402 g/mol. The molecule has 166 valence electrons. The van der Waals surface area contributed by atoms with Crippen LogP contribution in [0.2, 0.25) is 0 Å². The van der Waals surface area contributed by atoms with Crippen molar-refractivity contribution in [2.24, 2.45) is 57.4 Å². The summed E-state index contributed by atoms with van der Waals surface area (Å²) in [7, 11) is 0. The molecule has 4 aliphatic rings. The zero-order chi connectivity index (χ0) is 20.8. The van der Waals surface area contributed by atoms with Crippen LogP contribution in [0.15, 0.2) is 5.16 Å². The molecule has 29 heavy (non-hydrogen) atoms. The monoisotopic (exact) mass is 401 g/mol. The van der Waals surface area contributed by atoms with Crippen molar-refractivity contribution in [3.63, 3.8) is 0 Å². The molecule has 4 rings (SSSR count). The van der Waals surface area contributed by atoms with Crippen LogP contribution in [0.25, 0.3) is 0 Å². The number of oxime groups is 1. The Labute approximate surface area is 180 Å². The van der Waals surface area contributed by atoms with Crippen LogP contribution in [-0.4, -0.2) is 10.9 Å². The predicted octanol–water partition coefficient (Wildman–Crippen LogP) is 7.94. The molecule has 4 fully saturated rings. The number of rotatable bonds is 5. The van der Waals surface area contributed by atoms with Gasteiger partial charge >= 0.3 is 0 Å². The number of nitrogens with zero attached hydrogens (tertiary/aromatic N) is 1. The van der Waals surface area contributed by atoms with Gasteiger partial charge in [-0.05, 0) is 110 Å². The van der Waals surface area contributed by atoms with Crippen LogP contribution >= 0.6 is 0 Å². The van der Waals surface area contributed by atoms with Gasteiger partial charge in [0.1, 0.15) is 0 Å². The fraction of sp³-hybridized carbons (Fsp3) is 0.963. The minimum absolute atomic E-state index is 0.499. The molecule has 0 saturated heterocycles. The number of hydrogen-bond donors (Lipinski definition) is 1. The van der Waals surface area contributed by atoms with Crippen LogP contribution in [0.1, 0.15) is 112 Å². The quantitative estimate of drug-likeness (QED) is 0.368. The summed E-state index contributed by atoms with van der Waals surface area (Å²) < 4.78 is 0. The van der Waals surface area contributed by atoms with Gasteiger partial charge in [-0.25, -0.2) is 0 Å². The Balaban J connectivity index is 1.46. The van der Waals surface area contributed by atoms with Gasteiger partial charge in [-0.15, -0.1) is 0 Å². The van der Waals surface area contributed by atoms with Crippen molar-refractivity contribution < 1.29 is 5.21 Å². The van der Waals surface area contributed by atoms with Crippen molar-refractivity contribution in [1.82, 2.24) is 0 Å². The Morgan fingerprint density at radius 2 is 1.69 bits per heavy atom. The third-order valence-electron chi connectivity index (χ3n) is 10.8. The summed E-state index contributed by atoms with van der Waals surface area (Å²) in [5.74, 6) is 6.36. The summed E-state index contributed by atoms with van der Waals surface area (Å²) >= 11 is 0. The van der Waals surface area contributed by atoms with E-state index in [-0.39, 0.29) is 0 Å². The summed E-state index contributed by atoms with van der Waals surface area (Å²) in [5.41, 5.74) is 2.18. The Morgan fingerprint density at radius 3 is 2.41 bits per heavy atom. The molecule has 4 saturated carbocycles. The first kappa shape index (κ1) is 21.7. The van der Waals surface area contributed by atoms with Gasteiger partial charge in [0.15, 0.2) is 0 Å². The summed E-state index contributed by atoms with van der Waals surface area (Å²) in [6.07, 6.45) is 16.4. The average Bonchev–Trinajstić information content (AvgIpc) is 3.04.